The quantitative estimate of drug-likeness (QED) is 0.909. The monoisotopic (exact) mass is 309 g/mol. The van der Waals surface area contributed by atoms with Gasteiger partial charge in [0.2, 0.25) is 5.91 Å². The molecule has 1 aliphatic heterocycles. The third-order valence-electron chi connectivity index (χ3n) is 3.98. The molecule has 1 saturated heterocycles. The van der Waals surface area contributed by atoms with Crippen molar-refractivity contribution in [2.45, 2.75) is 38.6 Å². The summed E-state index contributed by atoms with van der Waals surface area (Å²) in [6.45, 7) is 2.53. The van der Waals surface area contributed by atoms with Crippen LogP contribution in [0.15, 0.2) is 24.3 Å². The van der Waals surface area contributed by atoms with Crippen LogP contribution in [0.3, 0.4) is 0 Å². The molecule has 114 valence electrons. The molecule has 1 amide bonds. The molecule has 0 spiro atoms. The zero-order valence-electron chi connectivity index (χ0n) is 12.1. The Morgan fingerprint density at radius 1 is 1.43 bits per heavy atom. The molecule has 1 heterocycles. The zero-order valence-corrected chi connectivity index (χ0v) is 12.8. The number of carboxylic acids is 1. The Balaban J connectivity index is 2.02. The van der Waals surface area contributed by atoms with E-state index in [9.17, 15) is 9.59 Å². The van der Waals surface area contributed by atoms with Crippen molar-refractivity contribution in [3.8, 4) is 0 Å². The summed E-state index contributed by atoms with van der Waals surface area (Å²) in [4.78, 5) is 25.1. The van der Waals surface area contributed by atoms with E-state index in [0.717, 1.165) is 18.4 Å². The normalized spacial score (nSPS) is 19.5. The summed E-state index contributed by atoms with van der Waals surface area (Å²) in [5.41, 5.74) is 0.953. The van der Waals surface area contributed by atoms with E-state index in [1.54, 1.807) is 4.90 Å². The van der Waals surface area contributed by atoms with Crippen LogP contribution in [0, 0.1) is 5.92 Å². The van der Waals surface area contributed by atoms with Crippen LogP contribution in [0.1, 0.15) is 31.7 Å². The molecule has 0 aliphatic carbocycles. The summed E-state index contributed by atoms with van der Waals surface area (Å²) in [6, 6.07) is 7.34. The van der Waals surface area contributed by atoms with Gasteiger partial charge in [-0.2, -0.15) is 0 Å². The number of hydrogen-bond donors (Lipinski definition) is 1. The van der Waals surface area contributed by atoms with Gasteiger partial charge in [0, 0.05) is 23.5 Å². The minimum absolute atomic E-state index is 0.0265. The molecule has 5 heteroatoms. The second-order valence-electron chi connectivity index (χ2n) is 5.62. The maximum Gasteiger partial charge on any atom is 0.305 e. The van der Waals surface area contributed by atoms with Gasteiger partial charge < -0.3 is 10.0 Å². The first-order chi connectivity index (χ1) is 9.99. The van der Waals surface area contributed by atoms with Crippen molar-refractivity contribution < 1.29 is 14.7 Å². The predicted molar refractivity (Wildman–Crippen MR) is 81.3 cm³/mol. The minimum atomic E-state index is -0.849. The van der Waals surface area contributed by atoms with Crippen LogP contribution in [-0.4, -0.2) is 34.5 Å². The van der Waals surface area contributed by atoms with Crippen LogP contribution in [0.5, 0.6) is 0 Å². The van der Waals surface area contributed by atoms with E-state index >= 15 is 0 Å². The van der Waals surface area contributed by atoms with Crippen molar-refractivity contribution in [3.63, 3.8) is 0 Å². The van der Waals surface area contributed by atoms with Crippen LogP contribution in [0.25, 0.3) is 0 Å². The Labute approximate surface area is 129 Å². The number of rotatable bonds is 5. The van der Waals surface area contributed by atoms with Crippen LogP contribution >= 0.6 is 11.6 Å². The molecular formula is C16H20ClNO3. The van der Waals surface area contributed by atoms with Crippen LogP contribution in [0.4, 0.5) is 0 Å². The van der Waals surface area contributed by atoms with E-state index < -0.39 is 5.97 Å². The van der Waals surface area contributed by atoms with Gasteiger partial charge in [-0.1, -0.05) is 36.7 Å². The van der Waals surface area contributed by atoms with Gasteiger partial charge in [-0.15, -0.1) is 0 Å². The summed E-state index contributed by atoms with van der Waals surface area (Å²) in [7, 11) is 0. The van der Waals surface area contributed by atoms with Gasteiger partial charge in [0.25, 0.3) is 0 Å². The van der Waals surface area contributed by atoms with Crippen LogP contribution in [-0.2, 0) is 16.0 Å². The number of likely N-dealkylation sites (tertiary alicyclic amines) is 1. The molecule has 21 heavy (non-hydrogen) atoms. The zero-order chi connectivity index (χ0) is 15.4. The topological polar surface area (TPSA) is 57.6 Å². The molecule has 1 fully saturated rings. The van der Waals surface area contributed by atoms with Crippen molar-refractivity contribution in [1.82, 2.24) is 4.90 Å². The fraction of sp³-hybridized carbons (Fsp3) is 0.500. The summed E-state index contributed by atoms with van der Waals surface area (Å²) in [5.74, 6) is -1.02. The van der Waals surface area contributed by atoms with E-state index in [2.05, 4.69) is 0 Å². The van der Waals surface area contributed by atoms with E-state index in [1.165, 1.54) is 0 Å². The largest absolute Gasteiger partial charge is 0.481 e. The molecule has 0 saturated carbocycles. The summed E-state index contributed by atoms with van der Waals surface area (Å²) >= 11 is 6.13. The number of benzene rings is 1. The third kappa shape index (κ3) is 3.97. The average molecular weight is 310 g/mol. The Kier molecular flexibility index (Phi) is 5.23. The molecule has 2 rings (SSSR count). The fourth-order valence-electron chi connectivity index (χ4n) is 2.90. The van der Waals surface area contributed by atoms with Crippen LogP contribution < -0.4 is 0 Å². The molecule has 1 aliphatic rings. The SMILES string of the molecule is CC(Cc1ccccc1Cl)C(=O)N1CCCC1CC(=O)O. The first kappa shape index (κ1) is 15.8. The summed E-state index contributed by atoms with van der Waals surface area (Å²) in [6.07, 6.45) is 2.26. The van der Waals surface area contributed by atoms with Crippen molar-refractivity contribution in [1.29, 1.82) is 0 Å². The summed E-state index contributed by atoms with van der Waals surface area (Å²) < 4.78 is 0. The van der Waals surface area contributed by atoms with Gasteiger partial charge in [-0.3, -0.25) is 9.59 Å². The number of aliphatic carboxylic acids is 1. The number of halogens is 1. The van der Waals surface area contributed by atoms with Gasteiger partial charge >= 0.3 is 5.97 Å². The van der Waals surface area contributed by atoms with Gasteiger partial charge in [0.1, 0.15) is 0 Å². The molecule has 1 N–H and O–H groups in total. The second kappa shape index (κ2) is 6.94. The average Bonchev–Trinajstić information content (AvgIpc) is 2.87. The molecule has 1 aromatic carbocycles. The van der Waals surface area contributed by atoms with E-state index in [4.69, 9.17) is 16.7 Å². The van der Waals surface area contributed by atoms with Crippen LogP contribution in [0.2, 0.25) is 5.02 Å². The van der Waals surface area contributed by atoms with Crippen molar-refractivity contribution >= 4 is 23.5 Å². The predicted octanol–water partition coefficient (Wildman–Crippen LogP) is 2.98. The Morgan fingerprint density at radius 3 is 2.81 bits per heavy atom. The summed E-state index contributed by atoms with van der Waals surface area (Å²) in [5, 5.41) is 9.60. The lowest BCUT2D eigenvalue weighted by Gasteiger charge is -2.26. The van der Waals surface area contributed by atoms with E-state index in [1.807, 2.05) is 31.2 Å². The van der Waals surface area contributed by atoms with E-state index in [0.29, 0.717) is 18.0 Å². The highest BCUT2D eigenvalue weighted by Crippen LogP contribution is 2.25. The van der Waals surface area contributed by atoms with Gasteiger partial charge in [-0.05, 0) is 30.9 Å². The smallest absolute Gasteiger partial charge is 0.305 e. The highest BCUT2D eigenvalue weighted by Gasteiger charge is 2.32. The lowest BCUT2D eigenvalue weighted by Crippen LogP contribution is -2.40. The number of hydrogen-bond acceptors (Lipinski definition) is 2. The molecule has 2 unspecified atom stereocenters. The fourth-order valence-corrected chi connectivity index (χ4v) is 3.12. The Bertz CT molecular complexity index is 532. The highest BCUT2D eigenvalue weighted by atomic mass is 35.5. The number of amides is 1. The molecular weight excluding hydrogens is 290 g/mol. The number of carboxylic acid groups (broad SMARTS) is 1. The number of nitrogens with zero attached hydrogens (tertiary/aromatic N) is 1. The van der Waals surface area contributed by atoms with Crippen molar-refractivity contribution in [2.75, 3.05) is 6.54 Å². The lowest BCUT2D eigenvalue weighted by atomic mass is 9.99. The standard InChI is InChI=1S/C16H20ClNO3/c1-11(9-12-5-2-3-7-14(12)17)16(21)18-8-4-6-13(18)10-15(19)20/h2-3,5,7,11,13H,4,6,8-10H2,1H3,(H,19,20). The number of carbonyl (C=O) groups excluding carboxylic acids is 1. The van der Waals surface area contributed by atoms with Gasteiger partial charge in [0.05, 0.1) is 6.42 Å². The molecule has 4 nitrogen and oxygen atoms in total. The maximum atomic E-state index is 12.5. The van der Waals surface area contributed by atoms with Gasteiger partial charge in [0.15, 0.2) is 0 Å². The Hall–Kier alpha value is -1.55. The van der Waals surface area contributed by atoms with Crippen molar-refractivity contribution in [3.05, 3.63) is 34.9 Å². The van der Waals surface area contributed by atoms with Gasteiger partial charge in [-0.25, -0.2) is 0 Å². The minimum Gasteiger partial charge on any atom is -0.481 e. The molecule has 0 aromatic heterocycles. The van der Waals surface area contributed by atoms with E-state index in [-0.39, 0.29) is 24.3 Å². The van der Waals surface area contributed by atoms with Crippen molar-refractivity contribution in [2.24, 2.45) is 5.92 Å². The maximum absolute atomic E-state index is 12.5. The first-order valence-electron chi connectivity index (χ1n) is 7.24. The molecule has 0 radical (unpaired) electrons. The highest BCUT2D eigenvalue weighted by molar-refractivity contribution is 6.31. The third-order valence-corrected chi connectivity index (χ3v) is 4.34. The molecule has 2 atom stereocenters. The lowest BCUT2D eigenvalue weighted by molar-refractivity contribution is -0.141. The molecule has 1 aromatic rings. The Morgan fingerprint density at radius 2 is 2.14 bits per heavy atom. The molecule has 0 bridgehead atoms. The number of carbonyl (C=O) groups is 2. The second-order valence-corrected chi connectivity index (χ2v) is 6.03. The first-order valence-corrected chi connectivity index (χ1v) is 7.62.